The summed E-state index contributed by atoms with van der Waals surface area (Å²) in [6.07, 6.45) is 1.33. The van der Waals surface area contributed by atoms with Crippen LogP contribution in [0.3, 0.4) is 0 Å². The number of nitrogens with zero attached hydrogens (tertiary/aromatic N) is 1. The van der Waals surface area contributed by atoms with Crippen LogP contribution in [0, 0.1) is 11.6 Å². The van der Waals surface area contributed by atoms with Crippen LogP contribution in [0.2, 0.25) is 0 Å². The lowest BCUT2D eigenvalue weighted by Gasteiger charge is -2.12. The van der Waals surface area contributed by atoms with Crippen molar-refractivity contribution in [2.75, 3.05) is 12.4 Å². The van der Waals surface area contributed by atoms with Crippen LogP contribution >= 0.6 is 0 Å². The number of aromatic hydroxyl groups is 1. The number of urea groups is 1. The van der Waals surface area contributed by atoms with Gasteiger partial charge in [-0.2, -0.15) is 0 Å². The number of rotatable bonds is 6. The molecule has 8 nitrogen and oxygen atoms in total. The van der Waals surface area contributed by atoms with Crippen molar-refractivity contribution in [3.8, 4) is 23.0 Å². The molecule has 0 unspecified atom stereocenters. The summed E-state index contributed by atoms with van der Waals surface area (Å²) in [4.78, 5) is 28.3. The molecule has 0 saturated heterocycles. The van der Waals surface area contributed by atoms with E-state index in [1.165, 1.54) is 55.8 Å². The van der Waals surface area contributed by atoms with E-state index in [0.717, 1.165) is 6.07 Å². The zero-order valence-electron chi connectivity index (χ0n) is 18.3. The van der Waals surface area contributed by atoms with E-state index in [2.05, 4.69) is 15.6 Å². The number of amides is 3. The van der Waals surface area contributed by atoms with Gasteiger partial charge in [0.1, 0.15) is 23.1 Å². The van der Waals surface area contributed by atoms with Gasteiger partial charge in [0.15, 0.2) is 11.5 Å². The largest absolute Gasteiger partial charge is 0.504 e. The number of imide groups is 1. The van der Waals surface area contributed by atoms with E-state index in [4.69, 9.17) is 9.47 Å². The van der Waals surface area contributed by atoms with E-state index in [0.29, 0.717) is 22.2 Å². The Morgan fingerprint density at radius 2 is 1.77 bits per heavy atom. The fourth-order valence-electron chi connectivity index (χ4n) is 3.29. The molecular weight excluding hydrogens is 460 g/mol. The Morgan fingerprint density at radius 1 is 1.00 bits per heavy atom. The molecule has 3 aromatic carbocycles. The molecule has 0 fully saturated rings. The van der Waals surface area contributed by atoms with Gasteiger partial charge in [0.2, 0.25) is 5.91 Å². The number of phenolic OH excluding ortho intramolecular Hbond substituents is 1. The number of methoxy groups -OCH3 is 1. The quantitative estimate of drug-likeness (QED) is 0.363. The predicted octanol–water partition coefficient (Wildman–Crippen LogP) is 4.91. The molecule has 0 aliphatic heterocycles. The molecule has 4 rings (SSSR count). The fraction of sp³-hybridized carbons (Fsp3) is 0.0800. The molecule has 0 spiro atoms. The molecule has 178 valence electrons. The Labute approximate surface area is 198 Å². The number of halogens is 2. The lowest BCUT2D eigenvalue weighted by atomic mass is 10.1. The van der Waals surface area contributed by atoms with Crippen molar-refractivity contribution in [2.24, 2.45) is 0 Å². The van der Waals surface area contributed by atoms with E-state index in [1.54, 1.807) is 12.1 Å². The van der Waals surface area contributed by atoms with E-state index in [1.807, 2.05) is 0 Å². The number of aromatic nitrogens is 1. The van der Waals surface area contributed by atoms with Crippen LogP contribution in [0.25, 0.3) is 10.9 Å². The maximum Gasteiger partial charge on any atom is 0.325 e. The minimum atomic E-state index is -0.920. The molecule has 0 bridgehead atoms. The van der Waals surface area contributed by atoms with E-state index >= 15 is 0 Å². The first-order valence-corrected chi connectivity index (χ1v) is 10.3. The second kappa shape index (κ2) is 10.0. The minimum absolute atomic E-state index is 0.0828. The van der Waals surface area contributed by atoms with Gasteiger partial charge < -0.3 is 19.9 Å². The van der Waals surface area contributed by atoms with Crippen LogP contribution in [0.1, 0.15) is 5.56 Å². The average Bonchev–Trinajstić information content (AvgIpc) is 2.82. The van der Waals surface area contributed by atoms with Gasteiger partial charge in [-0.05, 0) is 42.0 Å². The standard InChI is InChI=1S/C25H19F2N3O5/c1-34-23-12-17-20(13-21(23)31)28-9-8-22(17)35-16-6-7-19(18(27)11-16)29-25(33)30-24(32)10-14-2-4-15(26)5-3-14/h2-9,11-13,31H,10H2,1H3,(H2,29,30,32,33). The molecule has 0 radical (unpaired) electrons. The van der Waals surface area contributed by atoms with Gasteiger partial charge in [-0.25, -0.2) is 13.6 Å². The summed E-state index contributed by atoms with van der Waals surface area (Å²) in [5, 5.41) is 14.8. The molecule has 4 aromatic rings. The molecular formula is C25H19F2N3O5. The Hall–Kier alpha value is -4.73. The summed E-state index contributed by atoms with van der Waals surface area (Å²) in [5.74, 6) is -1.25. The monoisotopic (exact) mass is 479 g/mol. The molecule has 1 heterocycles. The molecule has 3 amide bonds. The fourth-order valence-corrected chi connectivity index (χ4v) is 3.29. The van der Waals surface area contributed by atoms with Gasteiger partial charge in [-0.1, -0.05) is 12.1 Å². The summed E-state index contributed by atoms with van der Waals surface area (Å²) in [7, 11) is 1.41. The zero-order chi connectivity index (χ0) is 24.9. The normalized spacial score (nSPS) is 10.6. The molecule has 0 atom stereocenters. The maximum atomic E-state index is 14.6. The van der Waals surface area contributed by atoms with Gasteiger partial charge in [0, 0.05) is 23.7 Å². The topological polar surface area (TPSA) is 110 Å². The van der Waals surface area contributed by atoms with Crippen molar-refractivity contribution in [2.45, 2.75) is 6.42 Å². The molecule has 0 aliphatic carbocycles. The molecule has 35 heavy (non-hydrogen) atoms. The van der Waals surface area contributed by atoms with Crippen molar-refractivity contribution in [3.05, 3.63) is 84.1 Å². The average molecular weight is 479 g/mol. The number of benzene rings is 3. The first-order valence-electron chi connectivity index (χ1n) is 10.3. The van der Waals surface area contributed by atoms with Crippen molar-refractivity contribution >= 4 is 28.5 Å². The van der Waals surface area contributed by atoms with Gasteiger partial charge in [-0.15, -0.1) is 0 Å². The Bertz CT molecular complexity index is 1410. The Kier molecular flexibility index (Phi) is 6.72. The number of hydrogen-bond acceptors (Lipinski definition) is 6. The summed E-state index contributed by atoms with van der Waals surface area (Å²) in [5.41, 5.74) is 0.790. The third kappa shape index (κ3) is 5.61. The highest BCUT2D eigenvalue weighted by molar-refractivity contribution is 6.01. The van der Waals surface area contributed by atoms with Crippen LogP contribution in [0.15, 0.2) is 66.9 Å². The number of fused-ring (bicyclic) bond motifs is 1. The number of phenols is 1. The number of anilines is 1. The van der Waals surface area contributed by atoms with Crippen molar-refractivity contribution in [1.29, 1.82) is 0 Å². The van der Waals surface area contributed by atoms with Crippen molar-refractivity contribution in [3.63, 3.8) is 0 Å². The zero-order valence-corrected chi connectivity index (χ0v) is 18.3. The highest BCUT2D eigenvalue weighted by Gasteiger charge is 2.14. The van der Waals surface area contributed by atoms with Gasteiger partial charge in [0.25, 0.3) is 0 Å². The van der Waals surface area contributed by atoms with E-state index < -0.39 is 23.6 Å². The lowest BCUT2D eigenvalue weighted by molar-refractivity contribution is -0.119. The number of pyridine rings is 1. The molecule has 0 aliphatic rings. The SMILES string of the molecule is COc1cc2c(Oc3ccc(NC(=O)NC(=O)Cc4ccc(F)cc4)c(F)c3)ccnc2cc1O. The van der Waals surface area contributed by atoms with Crippen LogP contribution in [-0.4, -0.2) is 29.1 Å². The van der Waals surface area contributed by atoms with Crippen molar-refractivity contribution < 1.29 is 33.0 Å². The number of carbonyl (C=O) groups excluding carboxylic acids is 2. The predicted molar refractivity (Wildman–Crippen MR) is 124 cm³/mol. The van der Waals surface area contributed by atoms with Gasteiger partial charge in [0.05, 0.1) is 24.7 Å². The maximum absolute atomic E-state index is 14.6. The van der Waals surface area contributed by atoms with Crippen LogP contribution in [0.4, 0.5) is 19.3 Å². The third-order valence-electron chi connectivity index (χ3n) is 4.95. The lowest BCUT2D eigenvalue weighted by Crippen LogP contribution is -2.35. The summed E-state index contributed by atoms with van der Waals surface area (Å²) in [6, 6.07) is 12.7. The summed E-state index contributed by atoms with van der Waals surface area (Å²) >= 11 is 0. The second-order valence-electron chi connectivity index (χ2n) is 7.40. The number of hydrogen-bond donors (Lipinski definition) is 3. The number of carbonyl (C=O) groups is 2. The summed E-state index contributed by atoms with van der Waals surface area (Å²) < 4.78 is 38.5. The second-order valence-corrected chi connectivity index (χ2v) is 7.40. The first kappa shape index (κ1) is 23.4. The smallest absolute Gasteiger partial charge is 0.325 e. The Morgan fingerprint density at radius 3 is 2.49 bits per heavy atom. The molecule has 3 N–H and O–H groups in total. The molecule has 0 saturated carbocycles. The van der Waals surface area contributed by atoms with Crippen LogP contribution in [0.5, 0.6) is 23.0 Å². The number of ether oxygens (including phenoxy) is 2. The molecule has 10 heteroatoms. The third-order valence-corrected chi connectivity index (χ3v) is 4.95. The molecule has 1 aromatic heterocycles. The van der Waals surface area contributed by atoms with Crippen molar-refractivity contribution in [1.82, 2.24) is 10.3 Å². The summed E-state index contributed by atoms with van der Waals surface area (Å²) in [6.45, 7) is 0. The first-order chi connectivity index (χ1) is 16.8. The van der Waals surface area contributed by atoms with E-state index in [-0.39, 0.29) is 29.4 Å². The van der Waals surface area contributed by atoms with Gasteiger partial charge in [-0.3, -0.25) is 15.1 Å². The van der Waals surface area contributed by atoms with Crippen LogP contribution in [-0.2, 0) is 11.2 Å². The Balaban J connectivity index is 1.43. The minimum Gasteiger partial charge on any atom is -0.504 e. The van der Waals surface area contributed by atoms with Gasteiger partial charge >= 0.3 is 6.03 Å². The number of nitrogens with one attached hydrogen (secondary N) is 2. The van der Waals surface area contributed by atoms with Crippen LogP contribution < -0.4 is 20.1 Å². The highest BCUT2D eigenvalue weighted by Crippen LogP contribution is 2.36. The van der Waals surface area contributed by atoms with E-state index in [9.17, 15) is 23.5 Å². The highest BCUT2D eigenvalue weighted by atomic mass is 19.1.